The van der Waals surface area contributed by atoms with Crippen LogP contribution < -0.4 is 4.74 Å². The average Bonchev–Trinajstić information content (AvgIpc) is 3.16. The van der Waals surface area contributed by atoms with Gasteiger partial charge in [-0.3, -0.25) is 4.57 Å². The van der Waals surface area contributed by atoms with Crippen LogP contribution in [-0.4, -0.2) is 21.3 Å². The first-order valence-corrected chi connectivity index (χ1v) is 10.4. The van der Waals surface area contributed by atoms with Crippen LogP contribution in [0.5, 0.6) is 5.75 Å². The number of esters is 1. The number of rotatable bonds is 5. The van der Waals surface area contributed by atoms with Crippen molar-refractivity contribution in [3.05, 3.63) is 63.8 Å². The lowest BCUT2D eigenvalue weighted by Gasteiger charge is -2.14. The van der Waals surface area contributed by atoms with Crippen LogP contribution in [0.2, 0.25) is 0 Å². The predicted octanol–water partition coefficient (Wildman–Crippen LogP) is 5.07. The summed E-state index contributed by atoms with van der Waals surface area (Å²) in [6.45, 7) is 0. The molecule has 1 aromatic heterocycles. The summed E-state index contributed by atoms with van der Waals surface area (Å²) in [5.41, 5.74) is -0.274. The van der Waals surface area contributed by atoms with E-state index in [0.29, 0.717) is 16.0 Å². The Morgan fingerprint density at radius 1 is 1.03 bits per heavy atom. The van der Waals surface area contributed by atoms with Crippen LogP contribution in [0.3, 0.4) is 0 Å². The first-order chi connectivity index (χ1) is 14.0. The van der Waals surface area contributed by atoms with Crippen LogP contribution in [0.1, 0.15) is 21.1 Å². The van der Waals surface area contributed by atoms with Gasteiger partial charge in [0, 0.05) is 4.70 Å². The molecular weight excluding hydrogens is 477 g/mol. The molecule has 1 unspecified atom stereocenters. The molecular formula is C16H6F6O5PSSi. The fraction of sp³-hybridized carbons (Fsp3) is 0.0625. The number of alkyl halides is 1. The normalized spacial score (nSPS) is 14.5. The molecule has 14 heteroatoms. The summed E-state index contributed by atoms with van der Waals surface area (Å²) in [6, 6.07) is 4.61. The maximum atomic E-state index is 14.1. The standard InChI is InChI=1S/C16H6F6O5PSSi/c17-9-10(18)12(20)14(13(21)11(9)19)26-16(23)8-4-6-3-5(1-2-7(6)29-8)15(22)28(24,25)27-30/h1-4,15H,(H,24,25)/t15-/m0/s1. The van der Waals surface area contributed by atoms with Crippen molar-refractivity contribution in [1.82, 2.24) is 0 Å². The molecule has 0 aliphatic heterocycles. The molecule has 3 radical (unpaired) electrons. The van der Waals surface area contributed by atoms with E-state index in [4.69, 9.17) is 0 Å². The van der Waals surface area contributed by atoms with E-state index in [1.165, 1.54) is 6.07 Å². The average molecular weight is 483 g/mol. The summed E-state index contributed by atoms with van der Waals surface area (Å²) < 4.78 is 101. The topological polar surface area (TPSA) is 72.8 Å². The number of ether oxygens (including phenoxy) is 1. The number of hydrogen-bond donors (Lipinski definition) is 1. The van der Waals surface area contributed by atoms with Gasteiger partial charge in [0.25, 0.3) is 10.5 Å². The van der Waals surface area contributed by atoms with Gasteiger partial charge in [0.15, 0.2) is 0 Å². The summed E-state index contributed by atoms with van der Waals surface area (Å²) in [5.74, 6) is -17.3. The molecule has 0 saturated carbocycles. The third-order valence-electron chi connectivity index (χ3n) is 3.80. The molecule has 2 aromatic carbocycles. The highest BCUT2D eigenvalue weighted by molar-refractivity contribution is 7.53. The number of benzene rings is 2. The molecule has 2 atom stereocenters. The van der Waals surface area contributed by atoms with E-state index in [1.807, 2.05) is 0 Å². The molecule has 0 spiro atoms. The molecule has 3 aromatic rings. The zero-order valence-electron chi connectivity index (χ0n) is 14.1. The monoisotopic (exact) mass is 483 g/mol. The molecule has 1 N–H and O–H groups in total. The summed E-state index contributed by atoms with van der Waals surface area (Å²) >= 11 is 0.706. The van der Waals surface area contributed by atoms with Crippen LogP contribution in [0.25, 0.3) is 10.1 Å². The Labute approximate surface area is 170 Å². The molecule has 0 aliphatic carbocycles. The Bertz CT molecular complexity index is 1190. The Kier molecular flexibility index (Phi) is 6.12. The van der Waals surface area contributed by atoms with Gasteiger partial charge in [0.2, 0.25) is 40.7 Å². The van der Waals surface area contributed by atoms with E-state index in [1.54, 1.807) is 0 Å². The molecule has 0 saturated heterocycles. The van der Waals surface area contributed by atoms with Gasteiger partial charge < -0.3 is 13.8 Å². The van der Waals surface area contributed by atoms with Crippen molar-refractivity contribution < 1.29 is 49.5 Å². The summed E-state index contributed by atoms with van der Waals surface area (Å²) in [7, 11) is -2.37. The molecule has 1 heterocycles. The number of halogens is 6. The van der Waals surface area contributed by atoms with Crippen LogP contribution in [-0.2, 0) is 8.78 Å². The van der Waals surface area contributed by atoms with Gasteiger partial charge in [-0.1, -0.05) is 6.07 Å². The smallest absolute Gasteiger partial charge is 0.356 e. The molecule has 5 nitrogen and oxygen atoms in total. The fourth-order valence-corrected chi connectivity index (χ4v) is 4.19. The Morgan fingerprint density at radius 3 is 2.17 bits per heavy atom. The second-order valence-corrected chi connectivity index (χ2v) is 9.08. The van der Waals surface area contributed by atoms with Crippen molar-refractivity contribution in [1.29, 1.82) is 0 Å². The highest BCUT2D eigenvalue weighted by Gasteiger charge is 2.33. The van der Waals surface area contributed by atoms with Crippen molar-refractivity contribution >= 4 is 45.5 Å². The third kappa shape index (κ3) is 3.90. The van der Waals surface area contributed by atoms with Gasteiger partial charge in [-0.15, -0.1) is 11.3 Å². The van der Waals surface area contributed by atoms with Crippen molar-refractivity contribution in [3.63, 3.8) is 0 Å². The van der Waals surface area contributed by atoms with Crippen LogP contribution >= 0.6 is 18.9 Å². The van der Waals surface area contributed by atoms with E-state index < -0.39 is 54.3 Å². The number of carbonyl (C=O) groups is 1. The summed E-state index contributed by atoms with van der Waals surface area (Å²) in [5, 5.41) is 0.179. The van der Waals surface area contributed by atoms with Crippen LogP contribution in [0, 0.1) is 29.1 Å². The summed E-state index contributed by atoms with van der Waals surface area (Å²) in [6.07, 6.45) is 0. The van der Waals surface area contributed by atoms with E-state index >= 15 is 0 Å². The van der Waals surface area contributed by atoms with Gasteiger partial charge in [-0.2, -0.15) is 8.78 Å². The molecule has 0 amide bonds. The fourth-order valence-electron chi connectivity index (χ4n) is 2.36. The maximum absolute atomic E-state index is 14.1. The minimum atomic E-state index is -4.67. The van der Waals surface area contributed by atoms with E-state index in [-0.39, 0.29) is 15.8 Å². The number of fused-ring (bicyclic) bond motifs is 1. The van der Waals surface area contributed by atoms with Crippen molar-refractivity contribution in [2.45, 2.75) is 5.91 Å². The second-order valence-electron chi connectivity index (χ2n) is 5.69. The highest BCUT2D eigenvalue weighted by atomic mass is 32.1. The number of thiophene rings is 1. The SMILES string of the molecule is O=C(Oc1c(F)c(F)c(F)c(F)c1F)c1cc2cc([C@@H](F)P(=O)(O)O[Si])ccc2s1. The predicted molar refractivity (Wildman–Crippen MR) is 93.5 cm³/mol. The van der Waals surface area contributed by atoms with Gasteiger partial charge >= 0.3 is 13.6 Å². The molecule has 157 valence electrons. The zero-order chi connectivity index (χ0) is 22.4. The van der Waals surface area contributed by atoms with Crippen LogP contribution in [0.15, 0.2) is 24.3 Å². The highest BCUT2D eigenvalue weighted by Crippen LogP contribution is 2.56. The van der Waals surface area contributed by atoms with Crippen LogP contribution in [0.4, 0.5) is 26.3 Å². The third-order valence-corrected chi connectivity index (χ3v) is 6.81. The lowest BCUT2D eigenvalue weighted by atomic mass is 10.2. The molecule has 0 aliphatic rings. The first kappa shape index (κ1) is 22.5. The van der Waals surface area contributed by atoms with Gasteiger partial charge in [-0.25, -0.2) is 22.4 Å². The van der Waals surface area contributed by atoms with Gasteiger partial charge in [0.05, 0.1) is 0 Å². The lowest BCUT2D eigenvalue weighted by Crippen LogP contribution is -2.12. The van der Waals surface area contributed by atoms with Gasteiger partial charge in [-0.05, 0) is 29.1 Å². The Hall–Kier alpha value is -2.18. The molecule has 3 rings (SSSR count). The quantitative estimate of drug-likeness (QED) is 0.104. The largest absolute Gasteiger partial charge is 0.416 e. The van der Waals surface area contributed by atoms with Crippen molar-refractivity contribution in [2.24, 2.45) is 0 Å². The Balaban J connectivity index is 1.95. The summed E-state index contributed by atoms with van der Waals surface area (Å²) in [4.78, 5) is 21.2. The Morgan fingerprint density at radius 2 is 1.60 bits per heavy atom. The minimum absolute atomic E-state index is 0.179. The molecule has 0 fully saturated rings. The van der Waals surface area contributed by atoms with Gasteiger partial charge in [0.1, 0.15) is 4.88 Å². The lowest BCUT2D eigenvalue weighted by molar-refractivity contribution is 0.0721. The van der Waals surface area contributed by atoms with Crippen molar-refractivity contribution in [2.75, 3.05) is 0 Å². The maximum Gasteiger partial charge on any atom is 0.356 e. The molecule has 30 heavy (non-hydrogen) atoms. The second kappa shape index (κ2) is 8.15. The van der Waals surface area contributed by atoms with E-state index in [0.717, 1.165) is 18.2 Å². The van der Waals surface area contributed by atoms with Crippen molar-refractivity contribution in [3.8, 4) is 5.75 Å². The minimum Gasteiger partial charge on any atom is -0.416 e. The zero-order valence-corrected chi connectivity index (χ0v) is 16.8. The van der Waals surface area contributed by atoms with E-state index in [9.17, 15) is 40.6 Å². The first-order valence-electron chi connectivity index (χ1n) is 7.57. The van der Waals surface area contributed by atoms with E-state index in [2.05, 4.69) is 19.4 Å². The molecule has 0 bridgehead atoms. The number of hydrogen-bond acceptors (Lipinski definition) is 5. The number of carbonyl (C=O) groups excluding carboxylic acids is 1.